The first kappa shape index (κ1) is 16.2. The van der Waals surface area contributed by atoms with Gasteiger partial charge in [0.1, 0.15) is 17.5 Å². The number of aryl methyl sites for hydroxylation is 1. The van der Waals surface area contributed by atoms with Crippen LogP contribution in [0.2, 0.25) is 0 Å². The highest BCUT2D eigenvalue weighted by Crippen LogP contribution is 2.20. The minimum Gasteiger partial charge on any atom is -0.370 e. The van der Waals surface area contributed by atoms with Gasteiger partial charge in [-0.05, 0) is 19.8 Å². The Bertz CT molecular complexity index is 447. The number of anilines is 2. The van der Waals surface area contributed by atoms with E-state index in [1.807, 2.05) is 6.92 Å². The molecule has 0 aliphatic rings. The largest absolute Gasteiger partial charge is 0.370 e. The van der Waals surface area contributed by atoms with Crippen molar-refractivity contribution in [3.8, 4) is 0 Å². The maximum atomic E-state index is 11.3. The smallest absolute Gasteiger partial charge is 0.239 e. The van der Waals surface area contributed by atoms with E-state index >= 15 is 0 Å². The molecule has 0 fully saturated rings. The number of hydrogen-bond acceptors (Lipinski definition) is 5. The SMILES string of the molecule is CCCNc1nc(CCC)nc(NCC(=O)NC)c1C. The van der Waals surface area contributed by atoms with Crippen LogP contribution in [0, 0.1) is 6.92 Å². The molecule has 3 N–H and O–H groups in total. The molecule has 0 aliphatic carbocycles. The average Bonchev–Trinajstić information content (AvgIpc) is 2.45. The first-order valence-corrected chi connectivity index (χ1v) is 7.18. The first-order chi connectivity index (χ1) is 9.62. The van der Waals surface area contributed by atoms with Crippen molar-refractivity contribution < 1.29 is 4.79 Å². The lowest BCUT2D eigenvalue weighted by atomic mass is 10.2. The number of likely N-dealkylation sites (N-methyl/N-ethyl adjacent to an activating group) is 1. The minimum absolute atomic E-state index is 0.0666. The average molecular weight is 279 g/mol. The molecule has 112 valence electrons. The van der Waals surface area contributed by atoms with Gasteiger partial charge in [-0.2, -0.15) is 0 Å². The number of nitrogens with one attached hydrogen (secondary N) is 3. The third kappa shape index (κ3) is 4.68. The number of aromatic nitrogens is 2. The van der Waals surface area contributed by atoms with E-state index < -0.39 is 0 Å². The Labute approximate surface area is 120 Å². The number of hydrogen-bond donors (Lipinski definition) is 3. The van der Waals surface area contributed by atoms with E-state index in [9.17, 15) is 4.79 Å². The summed E-state index contributed by atoms with van der Waals surface area (Å²) in [6, 6.07) is 0. The Morgan fingerprint density at radius 2 is 1.75 bits per heavy atom. The zero-order valence-corrected chi connectivity index (χ0v) is 12.8. The van der Waals surface area contributed by atoms with E-state index in [0.717, 1.165) is 48.8 Å². The summed E-state index contributed by atoms with van der Waals surface area (Å²) < 4.78 is 0. The Kier molecular flexibility index (Phi) is 6.76. The number of nitrogens with zero attached hydrogens (tertiary/aromatic N) is 2. The Balaban J connectivity index is 2.94. The van der Waals surface area contributed by atoms with Crippen LogP contribution in [0.5, 0.6) is 0 Å². The molecule has 1 aromatic heterocycles. The van der Waals surface area contributed by atoms with Crippen LogP contribution < -0.4 is 16.0 Å². The van der Waals surface area contributed by atoms with Gasteiger partial charge in [0.2, 0.25) is 5.91 Å². The fourth-order valence-electron chi connectivity index (χ4n) is 1.74. The number of carbonyl (C=O) groups excluding carboxylic acids is 1. The highest BCUT2D eigenvalue weighted by Gasteiger charge is 2.11. The summed E-state index contributed by atoms with van der Waals surface area (Å²) in [7, 11) is 1.62. The highest BCUT2D eigenvalue weighted by molar-refractivity contribution is 5.80. The monoisotopic (exact) mass is 279 g/mol. The zero-order valence-electron chi connectivity index (χ0n) is 12.8. The molecule has 1 heterocycles. The quantitative estimate of drug-likeness (QED) is 0.675. The molecule has 0 aromatic carbocycles. The van der Waals surface area contributed by atoms with Gasteiger partial charge in [-0.25, -0.2) is 9.97 Å². The van der Waals surface area contributed by atoms with Crippen molar-refractivity contribution in [2.75, 3.05) is 30.8 Å². The third-order valence-corrected chi connectivity index (χ3v) is 2.90. The summed E-state index contributed by atoms with van der Waals surface area (Å²) in [6.07, 6.45) is 2.86. The van der Waals surface area contributed by atoms with Gasteiger partial charge in [0.05, 0.1) is 6.54 Å². The van der Waals surface area contributed by atoms with Crippen LogP contribution in [0.3, 0.4) is 0 Å². The van der Waals surface area contributed by atoms with Gasteiger partial charge in [-0.15, -0.1) is 0 Å². The number of rotatable bonds is 8. The summed E-state index contributed by atoms with van der Waals surface area (Å²) in [5.41, 5.74) is 0.946. The maximum Gasteiger partial charge on any atom is 0.239 e. The van der Waals surface area contributed by atoms with Crippen molar-refractivity contribution >= 4 is 17.5 Å². The Morgan fingerprint density at radius 1 is 1.10 bits per heavy atom. The van der Waals surface area contributed by atoms with Gasteiger partial charge in [0.15, 0.2) is 0 Å². The second kappa shape index (κ2) is 8.35. The summed E-state index contributed by atoms with van der Waals surface area (Å²) >= 11 is 0. The normalized spacial score (nSPS) is 10.2. The predicted molar refractivity (Wildman–Crippen MR) is 82.1 cm³/mol. The molecule has 0 unspecified atom stereocenters. The van der Waals surface area contributed by atoms with E-state index in [1.54, 1.807) is 7.05 Å². The Morgan fingerprint density at radius 3 is 2.30 bits per heavy atom. The zero-order chi connectivity index (χ0) is 15.0. The molecule has 1 rings (SSSR count). The summed E-state index contributed by atoms with van der Waals surface area (Å²) in [6.45, 7) is 7.26. The van der Waals surface area contributed by atoms with Crippen LogP contribution in [0.4, 0.5) is 11.6 Å². The molecular formula is C14H25N5O. The molecule has 0 spiro atoms. The highest BCUT2D eigenvalue weighted by atomic mass is 16.1. The molecule has 0 aliphatic heterocycles. The molecule has 0 saturated carbocycles. The second-order valence-electron chi connectivity index (χ2n) is 4.67. The maximum absolute atomic E-state index is 11.3. The third-order valence-electron chi connectivity index (χ3n) is 2.90. The fraction of sp³-hybridized carbons (Fsp3) is 0.643. The lowest BCUT2D eigenvalue weighted by molar-refractivity contribution is -0.118. The molecule has 20 heavy (non-hydrogen) atoms. The molecule has 0 atom stereocenters. The van der Waals surface area contributed by atoms with Gasteiger partial charge in [-0.3, -0.25) is 4.79 Å². The van der Waals surface area contributed by atoms with Gasteiger partial charge in [0, 0.05) is 25.6 Å². The molecule has 1 aromatic rings. The predicted octanol–water partition coefficient (Wildman–Crippen LogP) is 1.72. The van der Waals surface area contributed by atoms with Crippen molar-refractivity contribution in [3.63, 3.8) is 0 Å². The Hall–Kier alpha value is -1.85. The lowest BCUT2D eigenvalue weighted by Gasteiger charge is -2.14. The van der Waals surface area contributed by atoms with E-state index in [2.05, 4.69) is 39.8 Å². The number of amides is 1. The van der Waals surface area contributed by atoms with Crippen molar-refractivity contribution in [2.45, 2.75) is 40.0 Å². The standard InChI is InChI=1S/C14H25N5O/c1-5-7-11-18-13(16-8-6-2)10(3)14(19-11)17-9-12(20)15-4/h5-9H2,1-4H3,(H,15,20)(H2,16,17,18,19). The van der Waals surface area contributed by atoms with Crippen LogP contribution in [0.25, 0.3) is 0 Å². The van der Waals surface area contributed by atoms with Crippen molar-refractivity contribution in [1.29, 1.82) is 0 Å². The van der Waals surface area contributed by atoms with Crippen LogP contribution in [-0.4, -0.2) is 36.0 Å². The molecule has 6 nitrogen and oxygen atoms in total. The minimum atomic E-state index is -0.0666. The van der Waals surface area contributed by atoms with Crippen LogP contribution in [0.1, 0.15) is 38.1 Å². The van der Waals surface area contributed by atoms with E-state index in [1.165, 1.54) is 0 Å². The molecule has 0 bridgehead atoms. The summed E-state index contributed by atoms with van der Waals surface area (Å²) in [5.74, 6) is 2.31. The summed E-state index contributed by atoms with van der Waals surface area (Å²) in [5, 5.41) is 8.97. The van der Waals surface area contributed by atoms with E-state index in [-0.39, 0.29) is 12.5 Å². The topological polar surface area (TPSA) is 78.9 Å². The summed E-state index contributed by atoms with van der Waals surface area (Å²) in [4.78, 5) is 20.4. The molecule has 6 heteroatoms. The van der Waals surface area contributed by atoms with E-state index in [4.69, 9.17) is 0 Å². The van der Waals surface area contributed by atoms with Crippen molar-refractivity contribution in [2.24, 2.45) is 0 Å². The lowest BCUT2D eigenvalue weighted by Crippen LogP contribution is -2.27. The van der Waals surface area contributed by atoms with Crippen LogP contribution in [-0.2, 0) is 11.2 Å². The fourth-order valence-corrected chi connectivity index (χ4v) is 1.74. The van der Waals surface area contributed by atoms with Gasteiger partial charge in [0.25, 0.3) is 0 Å². The molecular weight excluding hydrogens is 254 g/mol. The molecule has 0 saturated heterocycles. The van der Waals surface area contributed by atoms with Crippen molar-refractivity contribution in [1.82, 2.24) is 15.3 Å². The van der Waals surface area contributed by atoms with Gasteiger partial charge < -0.3 is 16.0 Å². The second-order valence-corrected chi connectivity index (χ2v) is 4.67. The van der Waals surface area contributed by atoms with Crippen LogP contribution >= 0.6 is 0 Å². The van der Waals surface area contributed by atoms with Crippen LogP contribution in [0.15, 0.2) is 0 Å². The molecule has 1 amide bonds. The first-order valence-electron chi connectivity index (χ1n) is 7.18. The van der Waals surface area contributed by atoms with Crippen molar-refractivity contribution in [3.05, 3.63) is 11.4 Å². The van der Waals surface area contributed by atoms with Gasteiger partial charge in [-0.1, -0.05) is 13.8 Å². The number of carbonyl (C=O) groups is 1. The molecule has 0 radical (unpaired) electrons. The van der Waals surface area contributed by atoms with Gasteiger partial charge >= 0.3 is 0 Å². The van der Waals surface area contributed by atoms with E-state index in [0.29, 0.717) is 0 Å².